The van der Waals surface area contributed by atoms with E-state index in [1.165, 1.54) is 11.8 Å². The van der Waals surface area contributed by atoms with Gasteiger partial charge in [-0.15, -0.1) is 0 Å². The molecule has 0 radical (unpaired) electrons. The molecule has 2 aromatic carbocycles. The standard InChI is InChI=1S/C15H12Cl2O2S/c1-2-19-11-5-3-4-6-12(11)20-13-8-7-10(9-18)14(16)15(13)17/h3-9H,2H2,1H3. The highest BCUT2D eigenvalue weighted by molar-refractivity contribution is 7.99. The first-order valence-corrected chi connectivity index (χ1v) is 7.57. The summed E-state index contributed by atoms with van der Waals surface area (Å²) in [5.74, 6) is 0.798. The third-order valence-electron chi connectivity index (χ3n) is 2.57. The highest BCUT2D eigenvalue weighted by atomic mass is 35.5. The first kappa shape index (κ1) is 15.2. The number of benzene rings is 2. The van der Waals surface area contributed by atoms with E-state index in [0.717, 1.165) is 15.5 Å². The van der Waals surface area contributed by atoms with Crippen LogP contribution in [0.2, 0.25) is 10.0 Å². The van der Waals surface area contributed by atoms with Crippen molar-refractivity contribution in [3.63, 3.8) is 0 Å². The van der Waals surface area contributed by atoms with Crippen LogP contribution in [0.1, 0.15) is 17.3 Å². The maximum atomic E-state index is 10.8. The zero-order chi connectivity index (χ0) is 14.5. The lowest BCUT2D eigenvalue weighted by atomic mass is 10.2. The number of ether oxygens (including phenoxy) is 1. The fourth-order valence-electron chi connectivity index (χ4n) is 1.64. The lowest BCUT2D eigenvalue weighted by molar-refractivity contribution is 0.112. The maximum Gasteiger partial charge on any atom is 0.151 e. The van der Waals surface area contributed by atoms with Crippen LogP contribution >= 0.6 is 35.0 Å². The molecule has 2 nitrogen and oxygen atoms in total. The lowest BCUT2D eigenvalue weighted by Crippen LogP contribution is -1.93. The van der Waals surface area contributed by atoms with Crippen LogP contribution in [-0.2, 0) is 0 Å². The van der Waals surface area contributed by atoms with Crippen LogP contribution in [0, 0.1) is 0 Å². The van der Waals surface area contributed by atoms with E-state index < -0.39 is 0 Å². The molecule has 0 bridgehead atoms. The van der Waals surface area contributed by atoms with E-state index in [9.17, 15) is 4.79 Å². The van der Waals surface area contributed by atoms with Crippen molar-refractivity contribution >= 4 is 41.2 Å². The van der Waals surface area contributed by atoms with Gasteiger partial charge >= 0.3 is 0 Å². The Morgan fingerprint density at radius 3 is 2.55 bits per heavy atom. The largest absolute Gasteiger partial charge is 0.493 e. The summed E-state index contributed by atoms with van der Waals surface area (Å²) < 4.78 is 5.57. The van der Waals surface area contributed by atoms with Crippen molar-refractivity contribution in [2.24, 2.45) is 0 Å². The second-order valence-electron chi connectivity index (χ2n) is 3.88. The van der Waals surface area contributed by atoms with Crippen molar-refractivity contribution in [1.82, 2.24) is 0 Å². The van der Waals surface area contributed by atoms with Gasteiger partial charge in [0.15, 0.2) is 6.29 Å². The van der Waals surface area contributed by atoms with Crippen LogP contribution in [0.15, 0.2) is 46.2 Å². The second kappa shape index (κ2) is 7.02. The molecule has 0 saturated heterocycles. The number of hydrogen-bond donors (Lipinski definition) is 0. The Kier molecular flexibility index (Phi) is 5.35. The highest BCUT2D eigenvalue weighted by Gasteiger charge is 2.12. The molecule has 2 rings (SSSR count). The minimum atomic E-state index is 0.278. The number of aldehydes is 1. The molecule has 0 saturated carbocycles. The van der Waals surface area contributed by atoms with E-state index in [0.29, 0.717) is 23.5 Å². The summed E-state index contributed by atoms with van der Waals surface area (Å²) in [6.45, 7) is 2.53. The van der Waals surface area contributed by atoms with Gasteiger partial charge in [0.25, 0.3) is 0 Å². The van der Waals surface area contributed by atoms with E-state index in [4.69, 9.17) is 27.9 Å². The Hall–Kier alpha value is -1.16. The first-order chi connectivity index (χ1) is 9.67. The van der Waals surface area contributed by atoms with Crippen molar-refractivity contribution in [2.45, 2.75) is 16.7 Å². The van der Waals surface area contributed by atoms with Crippen LogP contribution in [-0.4, -0.2) is 12.9 Å². The molecule has 20 heavy (non-hydrogen) atoms. The van der Waals surface area contributed by atoms with E-state index in [1.54, 1.807) is 12.1 Å². The Bertz CT molecular complexity index is 629. The van der Waals surface area contributed by atoms with Crippen LogP contribution in [0.4, 0.5) is 0 Å². The third-order valence-corrected chi connectivity index (χ3v) is 4.70. The van der Waals surface area contributed by atoms with Crippen molar-refractivity contribution in [3.8, 4) is 5.75 Å². The average Bonchev–Trinajstić information content (AvgIpc) is 2.46. The topological polar surface area (TPSA) is 26.3 Å². The van der Waals surface area contributed by atoms with Gasteiger partial charge in [0.05, 0.1) is 21.5 Å². The summed E-state index contributed by atoms with van der Waals surface area (Å²) in [7, 11) is 0. The molecule has 2 aromatic rings. The molecule has 0 N–H and O–H groups in total. The van der Waals surface area contributed by atoms with Gasteiger partial charge in [0.2, 0.25) is 0 Å². The van der Waals surface area contributed by atoms with E-state index in [-0.39, 0.29) is 5.02 Å². The Labute approximate surface area is 132 Å². The average molecular weight is 327 g/mol. The van der Waals surface area contributed by atoms with Gasteiger partial charge in [-0.25, -0.2) is 0 Å². The van der Waals surface area contributed by atoms with Gasteiger partial charge in [-0.05, 0) is 31.2 Å². The first-order valence-electron chi connectivity index (χ1n) is 6.00. The molecule has 0 aromatic heterocycles. The fraction of sp³-hybridized carbons (Fsp3) is 0.133. The van der Waals surface area contributed by atoms with Crippen LogP contribution in [0.3, 0.4) is 0 Å². The third kappa shape index (κ3) is 3.29. The molecule has 0 spiro atoms. The highest BCUT2D eigenvalue weighted by Crippen LogP contribution is 2.41. The number of halogens is 2. The summed E-state index contributed by atoms with van der Waals surface area (Å²) in [4.78, 5) is 12.6. The molecular formula is C15H12Cl2O2S. The molecule has 0 fully saturated rings. The minimum Gasteiger partial charge on any atom is -0.493 e. The van der Waals surface area contributed by atoms with Crippen LogP contribution in [0.5, 0.6) is 5.75 Å². The molecule has 0 aliphatic rings. The molecule has 5 heteroatoms. The zero-order valence-electron chi connectivity index (χ0n) is 10.7. The Balaban J connectivity index is 2.35. The summed E-state index contributed by atoms with van der Waals surface area (Å²) in [6.07, 6.45) is 0.691. The Morgan fingerprint density at radius 1 is 1.10 bits per heavy atom. The summed E-state index contributed by atoms with van der Waals surface area (Å²) in [5, 5.41) is 0.660. The molecule has 0 atom stereocenters. The van der Waals surface area contributed by atoms with Gasteiger partial charge in [0, 0.05) is 10.5 Å². The quantitative estimate of drug-likeness (QED) is 0.692. The van der Waals surface area contributed by atoms with Gasteiger partial charge in [-0.3, -0.25) is 4.79 Å². The maximum absolute atomic E-state index is 10.8. The van der Waals surface area contributed by atoms with Gasteiger partial charge in [-0.1, -0.05) is 47.1 Å². The monoisotopic (exact) mass is 326 g/mol. The fourth-order valence-corrected chi connectivity index (χ4v) is 3.14. The smallest absolute Gasteiger partial charge is 0.151 e. The molecule has 0 amide bonds. The van der Waals surface area contributed by atoms with Crippen molar-refractivity contribution < 1.29 is 9.53 Å². The van der Waals surface area contributed by atoms with E-state index in [1.807, 2.05) is 31.2 Å². The normalized spacial score (nSPS) is 10.3. The van der Waals surface area contributed by atoms with Crippen molar-refractivity contribution in [1.29, 1.82) is 0 Å². The summed E-state index contributed by atoms with van der Waals surface area (Å²) >= 11 is 13.7. The van der Waals surface area contributed by atoms with Crippen LogP contribution in [0.25, 0.3) is 0 Å². The van der Waals surface area contributed by atoms with Gasteiger partial charge in [0.1, 0.15) is 5.75 Å². The molecule has 104 valence electrons. The number of hydrogen-bond acceptors (Lipinski definition) is 3. The predicted octanol–water partition coefficient (Wildman–Crippen LogP) is 5.36. The van der Waals surface area contributed by atoms with Gasteiger partial charge < -0.3 is 4.74 Å². The van der Waals surface area contributed by atoms with E-state index >= 15 is 0 Å². The number of para-hydroxylation sites is 1. The molecule has 0 heterocycles. The molecule has 0 aliphatic carbocycles. The number of carbonyl (C=O) groups is 1. The second-order valence-corrected chi connectivity index (χ2v) is 5.72. The van der Waals surface area contributed by atoms with Crippen molar-refractivity contribution in [2.75, 3.05) is 6.61 Å². The van der Waals surface area contributed by atoms with Crippen LogP contribution < -0.4 is 4.74 Å². The SMILES string of the molecule is CCOc1ccccc1Sc1ccc(C=O)c(Cl)c1Cl. The molecule has 0 unspecified atom stereocenters. The lowest BCUT2D eigenvalue weighted by Gasteiger charge is -2.11. The molecular weight excluding hydrogens is 315 g/mol. The Morgan fingerprint density at radius 2 is 1.85 bits per heavy atom. The predicted molar refractivity (Wildman–Crippen MR) is 83.6 cm³/mol. The van der Waals surface area contributed by atoms with Gasteiger partial charge in [-0.2, -0.15) is 0 Å². The summed E-state index contributed by atoms with van der Waals surface area (Å²) in [6, 6.07) is 11.1. The zero-order valence-corrected chi connectivity index (χ0v) is 13.1. The minimum absolute atomic E-state index is 0.278. The summed E-state index contributed by atoms with van der Waals surface area (Å²) in [5.41, 5.74) is 0.388. The number of carbonyl (C=O) groups excluding carboxylic acids is 1. The molecule has 0 aliphatic heterocycles. The van der Waals surface area contributed by atoms with Crippen molar-refractivity contribution in [3.05, 3.63) is 52.0 Å². The number of rotatable bonds is 5. The van der Waals surface area contributed by atoms with E-state index in [2.05, 4.69) is 0 Å².